The molecule has 0 aromatic heterocycles. The summed E-state index contributed by atoms with van der Waals surface area (Å²) in [7, 11) is 0. The Morgan fingerprint density at radius 2 is 1.69 bits per heavy atom. The molecule has 1 aliphatic heterocycles. The molecule has 5 rings (SSSR count). The Hall–Kier alpha value is -1.71. The molecule has 32 heavy (non-hydrogen) atoms. The molecule has 2 aromatic carbocycles. The molecule has 0 spiro atoms. The van der Waals surface area contributed by atoms with Gasteiger partial charge in [-0.1, -0.05) is 62.6 Å². The Morgan fingerprint density at radius 3 is 2.38 bits per heavy atom. The minimum absolute atomic E-state index is 0.165. The highest BCUT2D eigenvalue weighted by Crippen LogP contribution is 2.38. The van der Waals surface area contributed by atoms with Gasteiger partial charge in [-0.3, -0.25) is 4.90 Å². The molecule has 3 fully saturated rings. The van der Waals surface area contributed by atoms with Crippen LogP contribution in [0.15, 0.2) is 48.5 Å². The molecule has 3 heteroatoms. The molecule has 2 aliphatic carbocycles. The average Bonchev–Trinajstić information content (AvgIpc) is 3.42. The van der Waals surface area contributed by atoms with Gasteiger partial charge in [-0.2, -0.15) is 0 Å². The maximum absolute atomic E-state index is 13.8. The Bertz CT molecular complexity index is 886. The van der Waals surface area contributed by atoms with Crippen molar-refractivity contribution in [1.29, 1.82) is 0 Å². The zero-order chi connectivity index (χ0) is 21.9. The van der Waals surface area contributed by atoms with Gasteiger partial charge < -0.3 is 5.32 Å². The third-order valence-electron chi connectivity index (χ3n) is 8.46. The van der Waals surface area contributed by atoms with Crippen molar-refractivity contribution < 1.29 is 4.39 Å². The van der Waals surface area contributed by atoms with E-state index in [0.29, 0.717) is 18.1 Å². The first-order valence-electron chi connectivity index (χ1n) is 13.1. The quantitative estimate of drug-likeness (QED) is 0.504. The Balaban J connectivity index is 1.38. The van der Waals surface area contributed by atoms with Gasteiger partial charge in [0, 0.05) is 30.7 Å². The summed E-state index contributed by atoms with van der Waals surface area (Å²) < 4.78 is 13.8. The second kappa shape index (κ2) is 10.1. The summed E-state index contributed by atoms with van der Waals surface area (Å²) in [6.07, 6.45) is 13.3. The Labute approximate surface area is 193 Å². The number of rotatable bonds is 8. The van der Waals surface area contributed by atoms with Gasteiger partial charge in [-0.15, -0.1) is 0 Å². The summed E-state index contributed by atoms with van der Waals surface area (Å²) in [6.45, 7) is 3.62. The van der Waals surface area contributed by atoms with Crippen LogP contribution < -0.4 is 5.32 Å². The monoisotopic (exact) mass is 434 g/mol. The van der Waals surface area contributed by atoms with Crippen molar-refractivity contribution in [3.8, 4) is 11.1 Å². The van der Waals surface area contributed by atoms with Gasteiger partial charge in [0.2, 0.25) is 0 Å². The van der Waals surface area contributed by atoms with Crippen molar-refractivity contribution in [1.82, 2.24) is 10.2 Å². The van der Waals surface area contributed by atoms with Crippen LogP contribution in [0, 0.1) is 11.7 Å². The maximum Gasteiger partial charge on any atom is 0.123 e. The zero-order valence-corrected chi connectivity index (χ0v) is 19.6. The van der Waals surface area contributed by atoms with E-state index in [0.717, 1.165) is 29.5 Å². The fourth-order valence-corrected chi connectivity index (χ4v) is 6.59. The molecular weight excluding hydrogens is 395 g/mol. The first-order chi connectivity index (χ1) is 15.7. The standard InChI is InChI=1S/C29H39FN2/c1-2-28(22-9-6-10-22)32-17-16-27(31-26-14-3-4-15-26)29(32)19-21-8-5-11-23(18-21)24-12-7-13-25(30)20-24/h5,7-8,11-13,18,20,22,26-29,31H,2-4,6,9-10,14-17,19H2,1H3. The van der Waals surface area contributed by atoms with Gasteiger partial charge in [0.25, 0.3) is 0 Å². The molecule has 3 atom stereocenters. The Kier molecular flexibility index (Phi) is 6.94. The van der Waals surface area contributed by atoms with E-state index in [9.17, 15) is 4.39 Å². The minimum atomic E-state index is -0.165. The van der Waals surface area contributed by atoms with Crippen molar-refractivity contribution >= 4 is 0 Å². The van der Waals surface area contributed by atoms with E-state index >= 15 is 0 Å². The molecule has 0 bridgehead atoms. The van der Waals surface area contributed by atoms with Crippen molar-refractivity contribution in [3.05, 3.63) is 59.9 Å². The predicted octanol–water partition coefficient (Wildman–Crippen LogP) is 6.59. The number of nitrogens with zero attached hydrogens (tertiary/aromatic N) is 1. The fourth-order valence-electron chi connectivity index (χ4n) is 6.59. The number of halogens is 1. The van der Waals surface area contributed by atoms with Crippen molar-refractivity contribution in [2.45, 2.75) is 95.3 Å². The van der Waals surface area contributed by atoms with E-state index in [1.54, 1.807) is 6.07 Å². The summed E-state index contributed by atoms with van der Waals surface area (Å²) in [5.41, 5.74) is 3.47. The zero-order valence-electron chi connectivity index (χ0n) is 19.6. The highest BCUT2D eigenvalue weighted by Gasteiger charge is 2.41. The SMILES string of the molecule is CCC(C1CCC1)N1CCC(NC2CCCC2)C1Cc1cccc(-c2cccc(F)c2)c1. The van der Waals surface area contributed by atoms with Crippen LogP contribution in [-0.4, -0.2) is 35.6 Å². The number of likely N-dealkylation sites (tertiary alicyclic amines) is 1. The van der Waals surface area contributed by atoms with Crippen LogP contribution in [0.5, 0.6) is 0 Å². The highest BCUT2D eigenvalue weighted by atomic mass is 19.1. The summed E-state index contributed by atoms with van der Waals surface area (Å²) in [4.78, 5) is 2.88. The van der Waals surface area contributed by atoms with Crippen LogP contribution >= 0.6 is 0 Å². The summed E-state index contributed by atoms with van der Waals surface area (Å²) in [5.74, 6) is 0.730. The molecule has 0 radical (unpaired) electrons. The highest BCUT2D eigenvalue weighted by molar-refractivity contribution is 5.64. The number of nitrogens with one attached hydrogen (secondary N) is 1. The summed E-state index contributed by atoms with van der Waals surface area (Å²) in [5, 5.41) is 4.09. The largest absolute Gasteiger partial charge is 0.310 e. The number of hydrogen-bond acceptors (Lipinski definition) is 2. The van der Waals surface area contributed by atoms with Gasteiger partial charge in [0.15, 0.2) is 0 Å². The molecule has 1 N–H and O–H groups in total. The second-order valence-electron chi connectivity index (χ2n) is 10.4. The van der Waals surface area contributed by atoms with Gasteiger partial charge >= 0.3 is 0 Å². The third kappa shape index (κ3) is 4.79. The molecule has 172 valence electrons. The molecule has 2 nitrogen and oxygen atoms in total. The topological polar surface area (TPSA) is 15.3 Å². The predicted molar refractivity (Wildman–Crippen MR) is 131 cm³/mol. The lowest BCUT2D eigenvalue weighted by Crippen LogP contribution is -2.52. The van der Waals surface area contributed by atoms with Gasteiger partial charge in [0.1, 0.15) is 5.82 Å². The molecule has 3 unspecified atom stereocenters. The minimum Gasteiger partial charge on any atom is -0.310 e. The van der Waals surface area contributed by atoms with Crippen LogP contribution in [0.2, 0.25) is 0 Å². The molecule has 0 amide bonds. The smallest absolute Gasteiger partial charge is 0.123 e. The number of hydrogen-bond donors (Lipinski definition) is 1. The van der Waals surface area contributed by atoms with Gasteiger partial charge in [-0.25, -0.2) is 4.39 Å². The summed E-state index contributed by atoms with van der Waals surface area (Å²) >= 11 is 0. The van der Waals surface area contributed by atoms with Crippen LogP contribution in [0.1, 0.15) is 70.3 Å². The maximum atomic E-state index is 13.8. The summed E-state index contributed by atoms with van der Waals surface area (Å²) in [6, 6.07) is 18.4. The van der Waals surface area contributed by atoms with Crippen molar-refractivity contribution in [2.75, 3.05) is 6.54 Å². The fraction of sp³-hybridized carbons (Fsp3) is 0.586. The average molecular weight is 435 g/mol. The normalized spacial score (nSPS) is 25.8. The number of benzene rings is 2. The third-order valence-corrected chi connectivity index (χ3v) is 8.46. The van der Waals surface area contributed by atoms with E-state index in [-0.39, 0.29) is 5.82 Å². The molecule has 2 saturated carbocycles. The van der Waals surface area contributed by atoms with E-state index < -0.39 is 0 Å². The van der Waals surface area contributed by atoms with Crippen molar-refractivity contribution in [3.63, 3.8) is 0 Å². The van der Waals surface area contributed by atoms with E-state index in [1.807, 2.05) is 12.1 Å². The van der Waals surface area contributed by atoms with Gasteiger partial charge in [-0.05, 0) is 79.7 Å². The lowest BCUT2D eigenvalue weighted by atomic mass is 9.77. The van der Waals surface area contributed by atoms with E-state index in [4.69, 9.17) is 0 Å². The van der Waals surface area contributed by atoms with Crippen LogP contribution in [0.4, 0.5) is 4.39 Å². The van der Waals surface area contributed by atoms with Crippen molar-refractivity contribution in [2.24, 2.45) is 5.92 Å². The van der Waals surface area contributed by atoms with E-state index in [1.165, 1.54) is 76.0 Å². The van der Waals surface area contributed by atoms with Crippen LogP contribution in [-0.2, 0) is 6.42 Å². The van der Waals surface area contributed by atoms with Crippen LogP contribution in [0.3, 0.4) is 0 Å². The van der Waals surface area contributed by atoms with Crippen LogP contribution in [0.25, 0.3) is 11.1 Å². The first kappa shape index (κ1) is 22.1. The van der Waals surface area contributed by atoms with E-state index in [2.05, 4.69) is 41.4 Å². The first-order valence-corrected chi connectivity index (χ1v) is 13.1. The molecule has 1 saturated heterocycles. The lowest BCUT2D eigenvalue weighted by Gasteiger charge is -2.43. The Morgan fingerprint density at radius 1 is 0.938 bits per heavy atom. The molecule has 2 aromatic rings. The van der Waals surface area contributed by atoms with Gasteiger partial charge in [0.05, 0.1) is 0 Å². The second-order valence-corrected chi connectivity index (χ2v) is 10.4. The molecular formula is C29H39FN2. The lowest BCUT2D eigenvalue weighted by molar-refractivity contribution is 0.0751. The molecule has 1 heterocycles. The molecule has 3 aliphatic rings.